The van der Waals surface area contributed by atoms with Crippen molar-refractivity contribution in [2.24, 2.45) is 0 Å². The number of hydrogen-bond donors (Lipinski definition) is 0. The predicted molar refractivity (Wildman–Crippen MR) is 119 cm³/mol. The van der Waals surface area contributed by atoms with Crippen molar-refractivity contribution < 1.29 is 9.59 Å². The van der Waals surface area contributed by atoms with Crippen LogP contribution in [0.1, 0.15) is 18.1 Å². The predicted octanol–water partition coefficient (Wildman–Crippen LogP) is 3.91. The Morgan fingerprint density at radius 1 is 0.900 bits per heavy atom. The number of halogens is 2. The smallest absolute Gasteiger partial charge is 0.277 e. The average molecular weight is 444 g/mol. The standard InChI is InChI=1S/C23H23Cl2N3O2/c1-2-28-22(29)20(18-9-8-17(24)14-19(18)25)21(23(28)30)27-12-10-26(11-13-27)15-16-6-4-3-5-7-16/h3-9,14H,2,10-13,15H2,1H3. The number of rotatable bonds is 5. The van der Waals surface area contributed by atoms with Crippen LogP contribution in [0, 0.1) is 0 Å². The Morgan fingerprint density at radius 2 is 1.60 bits per heavy atom. The Hall–Kier alpha value is -2.34. The SMILES string of the molecule is CCN1C(=O)C(c2ccc(Cl)cc2Cl)=C(N2CCN(Cc3ccccc3)CC2)C1=O. The fraction of sp³-hybridized carbons (Fsp3) is 0.304. The van der Waals surface area contributed by atoms with Gasteiger partial charge in [0.25, 0.3) is 11.8 Å². The van der Waals surface area contributed by atoms with Gasteiger partial charge in [0.1, 0.15) is 5.70 Å². The molecule has 2 amide bonds. The monoisotopic (exact) mass is 443 g/mol. The first-order valence-electron chi connectivity index (χ1n) is 10.1. The Bertz CT molecular complexity index is 999. The molecule has 0 radical (unpaired) electrons. The number of carbonyl (C=O) groups is 2. The van der Waals surface area contributed by atoms with Gasteiger partial charge in [-0.05, 0) is 24.6 Å². The van der Waals surface area contributed by atoms with Gasteiger partial charge in [-0.3, -0.25) is 19.4 Å². The van der Waals surface area contributed by atoms with Crippen LogP contribution in [0.3, 0.4) is 0 Å². The van der Waals surface area contributed by atoms with E-state index in [0.717, 1.165) is 19.6 Å². The quantitative estimate of drug-likeness (QED) is 0.656. The molecule has 5 nitrogen and oxygen atoms in total. The van der Waals surface area contributed by atoms with E-state index in [-0.39, 0.29) is 11.8 Å². The average Bonchev–Trinajstić information content (AvgIpc) is 2.99. The lowest BCUT2D eigenvalue weighted by Crippen LogP contribution is -2.47. The number of likely N-dealkylation sites (N-methyl/N-ethyl adjacent to an activating group) is 1. The summed E-state index contributed by atoms with van der Waals surface area (Å²) in [6, 6.07) is 15.4. The molecule has 1 saturated heterocycles. The largest absolute Gasteiger partial charge is 0.364 e. The molecule has 7 heteroatoms. The second-order valence-electron chi connectivity index (χ2n) is 7.45. The molecule has 4 rings (SSSR count). The summed E-state index contributed by atoms with van der Waals surface area (Å²) in [5, 5.41) is 0.862. The maximum atomic E-state index is 13.1. The molecule has 2 heterocycles. The lowest BCUT2D eigenvalue weighted by atomic mass is 10.0. The minimum Gasteiger partial charge on any atom is -0.364 e. The Labute approximate surface area is 186 Å². The minimum atomic E-state index is -0.298. The zero-order valence-corrected chi connectivity index (χ0v) is 18.3. The van der Waals surface area contributed by atoms with Gasteiger partial charge in [0, 0.05) is 49.9 Å². The van der Waals surface area contributed by atoms with Crippen molar-refractivity contribution in [1.29, 1.82) is 0 Å². The Kier molecular flexibility index (Phi) is 6.14. The van der Waals surface area contributed by atoms with Crippen LogP contribution < -0.4 is 0 Å². The summed E-state index contributed by atoms with van der Waals surface area (Å²) in [6.45, 7) is 5.97. The van der Waals surface area contributed by atoms with Crippen molar-refractivity contribution in [2.75, 3.05) is 32.7 Å². The maximum Gasteiger partial charge on any atom is 0.277 e. The van der Waals surface area contributed by atoms with Crippen molar-refractivity contribution in [3.63, 3.8) is 0 Å². The lowest BCUT2D eigenvalue weighted by molar-refractivity contribution is -0.137. The molecule has 0 aliphatic carbocycles. The Morgan fingerprint density at radius 3 is 2.23 bits per heavy atom. The number of piperazine rings is 1. The lowest BCUT2D eigenvalue weighted by Gasteiger charge is -2.36. The van der Waals surface area contributed by atoms with E-state index in [2.05, 4.69) is 17.0 Å². The highest BCUT2D eigenvalue weighted by Crippen LogP contribution is 2.36. The number of hydrogen-bond acceptors (Lipinski definition) is 4. The minimum absolute atomic E-state index is 0.250. The fourth-order valence-corrected chi connectivity index (χ4v) is 4.55. The number of imide groups is 1. The summed E-state index contributed by atoms with van der Waals surface area (Å²) in [6.07, 6.45) is 0. The van der Waals surface area contributed by atoms with Crippen molar-refractivity contribution in [3.05, 3.63) is 75.4 Å². The summed E-state index contributed by atoms with van der Waals surface area (Å²) < 4.78 is 0. The van der Waals surface area contributed by atoms with E-state index in [1.54, 1.807) is 25.1 Å². The topological polar surface area (TPSA) is 43.9 Å². The highest BCUT2D eigenvalue weighted by atomic mass is 35.5. The van der Waals surface area contributed by atoms with E-state index in [9.17, 15) is 9.59 Å². The van der Waals surface area contributed by atoms with Gasteiger partial charge >= 0.3 is 0 Å². The molecule has 0 bridgehead atoms. The van der Waals surface area contributed by atoms with Crippen LogP contribution in [0.2, 0.25) is 10.0 Å². The zero-order valence-electron chi connectivity index (χ0n) is 16.8. The van der Waals surface area contributed by atoms with Gasteiger partial charge in [-0.15, -0.1) is 0 Å². The van der Waals surface area contributed by atoms with Crippen LogP contribution in [0.5, 0.6) is 0 Å². The van der Waals surface area contributed by atoms with E-state index in [0.29, 0.717) is 46.5 Å². The van der Waals surface area contributed by atoms with Crippen molar-refractivity contribution >= 4 is 40.6 Å². The molecule has 0 spiro atoms. The molecular formula is C23H23Cl2N3O2. The fourth-order valence-electron chi connectivity index (χ4n) is 4.05. The molecule has 2 aliphatic heterocycles. The first-order valence-corrected chi connectivity index (χ1v) is 10.8. The van der Waals surface area contributed by atoms with Crippen LogP contribution in [-0.2, 0) is 16.1 Å². The molecule has 0 atom stereocenters. The summed E-state index contributed by atoms with van der Waals surface area (Å²) >= 11 is 12.4. The van der Waals surface area contributed by atoms with Gasteiger partial charge in [0.05, 0.1) is 10.6 Å². The number of amides is 2. The van der Waals surface area contributed by atoms with Crippen molar-refractivity contribution in [3.8, 4) is 0 Å². The van der Waals surface area contributed by atoms with Crippen LogP contribution in [0.25, 0.3) is 5.57 Å². The molecule has 0 saturated carbocycles. The molecule has 2 aliphatic rings. The molecule has 156 valence electrons. The van der Waals surface area contributed by atoms with E-state index < -0.39 is 0 Å². The molecule has 1 fully saturated rings. The third-order valence-corrected chi connectivity index (χ3v) is 6.15. The van der Waals surface area contributed by atoms with E-state index >= 15 is 0 Å². The van der Waals surface area contributed by atoms with Crippen molar-refractivity contribution in [1.82, 2.24) is 14.7 Å². The van der Waals surface area contributed by atoms with E-state index in [1.807, 2.05) is 23.1 Å². The first kappa shape index (κ1) is 20.9. The molecule has 0 N–H and O–H groups in total. The molecular weight excluding hydrogens is 421 g/mol. The molecule has 0 aromatic heterocycles. The van der Waals surface area contributed by atoms with Crippen LogP contribution in [0.4, 0.5) is 0 Å². The van der Waals surface area contributed by atoms with Gasteiger partial charge in [0.15, 0.2) is 0 Å². The van der Waals surface area contributed by atoms with Crippen molar-refractivity contribution in [2.45, 2.75) is 13.5 Å². The summed E-state index contributed by atoms with van der Waals surface area (Å²) in [7, 11) is 0. The van der Waals surface area contributed by atoms with Crippen LogP contribution in [0.15, 0.2) is 54.2 Å². The third-order valence-electron chi connectivity index (χ3n) is 5.60. The number of carbonyl (C=O) groups excluding carboxylic acids is 2. The molecule has 2 aromatic carbocycles. The summed E-state index contributed by atoms with van der Waals surface area (Å²) in [4.78, 5) is 31.8. The maximum absolute atomic E-state index is 13.1. The van der Waals surface area contributed by atoms with Gasteiger partial charge in [-0.25, -0.2) is 0 Å². The summed E-state index contributed by atoms with van der Waals surface area (Å²) in [5.74, 6) is -0.548. The molecule has 2 aromatic rings. The normalized spacial score (nSPS) is 18.0. The second kappa shape index (κ2) is 8.80. The highest BCUT2D eigenvalue weighted by Gasteiger charge is 2.42. The Balaban J connectivity index is 1.60. The molecule has 0 unspecified atom stereocenters. The summed E-state index contributed by atoms with van der Waals surface area (Å²) in [5.41, 5.74) is 2.64. The zero-order chi connectivity index (χ0) is 21.3. The van der Waals surface area contributed by atoms with E-state index in [1.165, 1.54) is 10.5 Å². The van der Waals surface area contributed by atoms with E-state index in [4.69, 9.17) is 23.2 Å². The number of benzene rings is 2. The van der Waals surface area contributed by atoms with Gasteiger partial charge < -0.3 is 4.90 Å². The van der Waals surface area contributed by atoms with Crippen LogP contribution >= 0.6 is 23.2 Å². The first-order chi connectivity index (χ1) is 14.5. The second-order valence-corrected chi connectivity index (χ2v) is 8.29. The van der Waals surface area contributed by atoms with Gasteiger partial charge in [-0.2, -0.15) is 0 Å². The third kappa shape index (κ3) is 3.97. The van der Waals surface area contributed by atoms with Gasteiger partial charge in [0.2, 0.25) is 0 Å². The van der Waals surface area contributed by atoms with Crippen LogP contribution in [-0.4, -0.2) is 59.2 Å². The highest BCUT2D eigenvalue weighted by molar-refractivity contribution is 6.41. The number of nitrogens with zero attached hydrogens (tertiary/aromatic N) is 3. The van der Waals surface area contributed by atoms with Gasteiger partial charge in [-0.1, -0.05) is 59.6 Å². The molecule has 30 heavy (non-hydrogen) atoms.